The van der Waals surface area contributed by atoms with Gasteiger partial charge in [-0.1, -0.05) is 6.07 Å². The molecule has 0 saturated heterocycles. The van der Waals surface area contributed by atoms with Crippen molar-refractivity contribution in [2.24, 2.45) is 7.05 Å². The quantitative estimate of drug-likeness (QED) is 0.636. The van der Waals surface area contributed by atoms with Crippen LogP contribution in [0.15, 0.2) is 12.1 Å². The molecule has 2 aromatic rings. The van der Waals surface area contributed by atoms with Gasteiger partial charge in [-0.2, -0.15) is 0 Å². The zero-order chi connectivity index (χ0) is 9.59. The van der Waals surface area contributed by atoms with Crippen LogP contribution in [0.25, 0.3) is 11.0 Å². The van der Waals surface area contributed by atoms with Crippen molar-refractivity contribution in [1.29, 1.82) is 0 Å². The third-order valence-corrected chi connectivity index (χ3v) is 2.70. The Morgan fingerprint density at radius 2 is 2.00 bits per heavy atom. The fourth-order valence-electron chi connectivity index (χ4n) is 1.80. The molecular weight excluding hydrogens is 180 g/mol. The van der Waals surface area contributed by atoms with Crippen LogP contribution in [0.4, 0.5) is 0 Å². The van der Waals surface area contributed by atoms with Gasteiger partial charge in [0.25, 0.3) is 0 Å². The molecule has 0 aliphatic carbocycles. The minimum Gasteiger partial charge on any atom is -0.331 e. The molecule has 13 heavy (non-hydrogen) atoms. The summed E-state index contributed by atoms with van der Waals surface area (Å²) in [4.78, 5) is 3.19. The summed E-state index contributed by atoms with van der Waals surface area (Å²) in [6.45, 7) is 4.20. The van der Waals surface area contributed by atoms with E-state index in [-0.39, 0.29) is 0 Å². The largest absolute Gasteiger partial charge is 0.331 e. The van der Waals surface area contributed by atoms with Gasteiger partial charge in [-0.3, -0.25) is 0 Å². The van der Waals surface area contributed by atoms with E-state index >= 15 is 0 Å². The standard InChI is InChI=1S/C10H12N2S/c1-6-4-7(2)9-8(5-6)11-10(13)12(9)3/h4-5H,1-3H3,(H,11,13). The van der Waals surface area contributed by atoms with E-state index in [1.54, 1.807) is 0 Å². The second-order valence-electron chi connectivity index (χ2n) is 3.47. The number of rotatable bonds is 0. The molecule has 0 spiro atoms. The molecule has 0 saturated carbocycles. The Labute approximate surface area is 82.2 Å². The molecule has 0 amide bonds. The van der Waals surface area contributed by atoms with Crippen LogP contribution < -0.4 is 0 Å². The molecule has 1 N–H and O–H groups in total. The molecule has 0 bridgehead atoms. The maximum absolute atomic E-state index is 5.16. The molecule has 0 unspecified atom stereocenters. The van der Waals surface area contributed by atoms with E-state index in [2.05, 4.69) is 31.0 Å². The van der Waals surface area contributed by atoms with E-state index in [9.17, 15) is 0 Å². The molecule has 1 aromatic carbocycles. The highest BCUT2D eigenvalue weighted by Gasteiger charge is 2.03. The number of nitrogens with one attached hydrogen (secondary N) is 1. The highest BCUT2D eigenvalue weighted by atomic mass is 32.1. The minimum absolute atomic E-state index is 0.781. The average molecular weight is 192 g/mol. The molecule has 0 fully saturated rings. The first-order valence-electron chi connectivity index (χ1n) is 4.25. The Kier molecular flexibility index (Phi) is 1.77. The van der Waals surface area contributed by atoms with E-state index in [4.69, 9.17) is 12.2 Å². The van der Waals surface area contributed by atoms with Gasteiger partial charge >= 0.3 is 0 Å². The van der Waals surface area contributed by atoms with E-state index in [0.717, 1.165) is 10.3 Å². The summed E-state index contributed by atoms with van der Waals surface area (Å²) in [5.41, 5.74) is 4.87. The molecule has 1 aromatic heterocycles. The minimum atomic E-state index is 0.781. The van der Waals surface area contributed by atoms with Crippen LogP contribution in [0.2, 0.25) is 0 Å². The number of hydrogen-bond acceptors (Lipinski definition) is 1. The molecule has 3 heteroatoms. The van der Waals surface area contributed by atoms with Gasteiger partial charge in [0, 0.05) is 7.05 Å². The van der Waals surface area contributed by atoms with Crippen molar-refractivity contribution in [3.63, 3.8) is 0 Å². The highest BCUT2D eigenvalue weighted by Crippen LogP contribution is 2.19. The van der Waals surface area contributed by atoms with E-state index in [1.807, 2.05) is 11.6 Å². The van der Waals surface area contributed by atoms with Crippen molar-refractivity contribution in [2.75, 3.05) is 0 Å². The van der Waals surface area contributed by atoms with Crippen molar-refractivity contribution in [2.45, 2.75) is 13.8 Å². The number of aromatic nitrogens is 2. The Morgan fingerprint density at radius 3 is 2.69 bits per heavy atom. The molecule has 0 atom stereocenters. The van der Waals surface area contributed by atoms with Crippen LogP contribution in [-0.2, 0) is 7.05 Å². The van der Waals surface area contributed by atoms with Crippen molar-refractivity contribution in [3.05, 3.63) is 28.0 Å². The first-order valence-corrected chi connectivity index (χ1v) is 4.66. The number of hydrogen-bond donors (Lipinski definition) is 1. The van der Waals surface area contributed by atoms with Crippen LogP contribution in [0.1, 0.15) is 11.1 Å². The topological polar surface area (TPSA) is 20.7 Å². The number of imidazole rings is 1. The number of aromatic amines is 1. The van der Waals surface area contributed by atoms with Crippen molar-refractivity contribution in [3.8, 4) is 0 Å². The number of nitrogens with zero attached hydrogens (tertiary/aromatic N) is 1. The molecule has 2 rings (SSSR count). The molecule has 1 heterocycles. The monoisotopic (exact) mass is 192 g/mol. The zero-order valence-corrected chi connectivity index (χ0v) is 8.83. The Hall–Kier alpha value is -1.09. The number of H-pyrrole nitrogens is 1. The van der Waals surface area contributed by atoms with Crippen molar-refractivity contribution in [1.82, 2.24) is 9.55 Å². The van der Waals surface area contributed by atoms with Gasteiger partial charge < -0.3 is 9.55 Å². The van der Waals surface area contributed by atoms with Crippen LogP contribution in [0.5, 0.6) is 0 Å². The van der Waals surface area contributed by atoms with Crippen molar-refractivity contribution < 1.29 is 0 Å². The lowest BCUT2D eigenvalue weighted by atomic mass is 10.1. The third kappa shape index (κ3) is 1.20. The first kappa shape index (κ1) is 8.51. The van der Waals surface area contributed by atoms with Crippen LogP contribution >= 0.6 is 12.2 Å². The predicted molar refractivity (Wildman–Crippen MR) is 57.6 cm³/mol. The van der Waals surface area contributed by atoms with Crippen molar-refractivity contribution >= 4 is 23.3 Å². The smallest absolute Gasteiger partial charge is 0.177 e. The SMILES string of the molecule is Cc1cc(C)c2c(c1)[nH]c(=S)n2C. The summed E-state index contributed by atoms with van der Waals surface area (Å²) in [6, 6.07) is 4.29. The lowest BCUT2D eigenvalue weighted by Crippen LogP contribution is -1.89. The first-order chi connectivity index (χ1) is 6.09. The molecule has 0 aliphatic rings. The third-order valence-electron chi connectivity index (χ3n) is 2.33. The van der Waals surface area contributed by atoms with Gasteiger partial charge in [0.05, 0.1) is 11.0 Å². The average Bonchev–Trinajstić information content (AvgIpc) is 2.27. The summed E-state index contributed by atoms with van der Waals surface area (Å²) in [5.74, 6) is 0. The summed E-state index contributed by atoms with van der Waals surface area (Å²) in [7, 11) is 1.99. The van der Waals surface area contributed by atoms with Gasteiger partial charge in [-0.15, -0.1) is 0 Å². The number of fused-ring (bicyclic) bond motifs is 1. The Morgan fingerprint density at radius 1 is 1.31 bits per heavy atom. The van der Waals surface area contributed by atoms with Gasteiger partial charge in [0.1, 0.15) is 0 Å². The summed E-state index contributed by atoms with van der Waals surface area (Å²) < 4.78 is 2.79. The second-order valence-corrected chi connectivity index (χ2v) is 3.85. The number of aryl methyl sites for hydroxylation is 3. The molecule has 0 radical (unpaired) electrons. The van der Waals surface area contributed by atoms with E-state index < -0.39 is 0 Å². The molecule has 0 aliphatic heterocycles. The zero-order valence-electron chi connectivity index (χ0n) is 8.01. The number of benzene rings is 1. The highest BCUT2D eigenvalue weighted by molar-refractivity contribution is 7.71. The van der Waals surface area contributed by atoms with E-state index in [0.29, 0.717) is 0 Å². The lowest BCUT2D eigenvalue weighted by molar-refractivity contribution is 0.923. The summed E-state index contributed by atoms with van der Waals surface area (Å²) >= 11 is 5.16. The second kappa shape index (κ2) is 2.70. The van der Waals surface area contributed by atoms with Gasteiger partial charge in [-0.05, 0) is 43.3 Å². The maximum Gasteiger partial charge on any atom is 0.177 e. The van der Waals surface area contributed by atoms with E-state index in [1.165, 1.54) is 16.6 Å². The molecule has 2 nitrogen and oxygen atoms in total. The molecular formula is C10H12N2S. The van der Waals surface area contributed by atoms with Gasteiger partial charge in [0.15, 0.2) is 4.77 Å². The van der Waals surface area contributed by atoms with Crippen LogP contribution in [0, 0.1) is 18.6 Å². The summed E-state index contributed by atoms with van der Waals surface area (Å²) in [6.07, 6.45) is 0. The maximum atomic E-state index is 5.16. The fourth-order valence-corrected chi connectivity index (χ4v) is 2.00. The fraction of sp³-hybridized carbons (Fsp3) is 0.300. The van der Waals surface area contributed by atoms with Crippen LogP contribution in [-0.4, -0.2) is 9.55 Å². The van der Waals surface area contributed by atoms with Gasteiger partial charge in [0.2, 0.25) is 0 Å². The normalized spacial score (nSPS) is 11.0. The Balaban J connectivity index is 3.03. The predicted octanol–water partition coefficient (Wildman–Crippen LogP) is 2.85. The van der Waals surface area contributed by atoms with Gasteiger partial charge in [-0.25, -0.2) is 0 Å². The van der Waals surface area contributed by atoms with Crippen LogP contribution in [0.3, 0.4) is 0 Å². The molecule has 68 valence electrons. The summed E-state index contributed by atoms with van der Waals surface area (Å²) in [5, 5.41) is 0. The lowest BCUT2D eigenvalue weighted by Gasteiger charge is -2.00. The Bertz CT molecular complexity index is 519.